The summed E-state index contributed by atoms with van der Waals surface area (Å²) in [4.78, 5) is 28.6. The molecular formula is C19H20N4O3. The smallest absolute Gasteiger partial charge is 0.259 e. The number of hydrogen-bond acceptors (Lipinski definition) is 5. The molecule has 0 spiro atoms. The Labute approximate surface area is 150 Å². The van der Waals surface area contributed by atoms with E-state index in [1.165, 1.54) is 10.6 Å². The Hall–Kier alpha value is -3.22. The molecule has 0 radical (unpaired) electrons. The molecule has 0 atom stereocenters. The van der Waals surface area contributed by atoms with Gasteiger partial charge < -0.3 is 14.4 Å². The number of carbonyl (C=O) groups is 1. The van der Waals surface area contributed by atoms with E-state index in [9.17, 15) is 9.59 Å². The van der Waals surface area contributed by atoms with E-state index < -0.39 is 0 Å². The van der Waals surface area contributed by atoms with Crippen LogP contribution in [-0.4, -0.2) is 20.6 Å². The molecular weight excluding hydrogens is 332 g/mol. The second kappa shape index (κ2) is 7.35. The summed E-state index contributed by atoms with van der Waals surface area (Å²) in [6.07, 6.45) is 1.55. The van der Waals surface area contributed by atoms with Crippen LogP contribution in [0.3, 0.4) is 0 Å². The van der Waals surface area contributed by atoms with Gasteiger partial charge >= 0.3 is 0 Å². The predicted octanol–water partition coefficient (Wildman–Crippen LogP) is 2.97. The molecule has 7 heteroatoms. The van der Waals surface area contributed by atoms with E-state index in [1.807, 2.05) is 45.0 Å². The van der Waals surface area contributed by atoms with Crippen molar-refractivity contribution in [3.63, 3.8) is 0 Å². The molecule has 1 aromatic carbocycles. The summed E-state index contributed by atoms with van der Waals surface area (Å²) in [5.41, 5.74) is 2.10. The minimum absolute atomic E-state index is 0.105. The fourth-order valence-corrected chi connectivity index (χ4v) is 2.36. The fraction of sp³-hybridized carbons (Fsp3) is 0.263. The lowest BCUT2D eigenvalue weighted by molar-refractivity contribution is -0.116. The zero-order valence-corrected chi connectivity index (χ0v) is 14.9. The summed E-state index contributed by atoms with van der Waals surface area (Å²) < 4.78 is 6.56. The van der Waals surface area contributed by atoms with Crippen LogP contribution in [0.1, 0.15) is 31.2 Å². The van der Waals surface area contributed by atoms with Crippen LogP contribution in [0.2, 0.25) is 0 Å². The minimum Gasteiger partial charge on any atom is -0.334 e. The first-order chi connectivity index (χ1) is 12.4. The van der Waals surface area contributed by atoms with E-state index in [0.29, 0.717) is 23.0 Å². The number of rotatable bonds is 5. The van der Waals surface area contributed by atoms with Crippen molar-refractivity contribution >= 4 is 11.6 Å². The molecule has 0 aliphatic rings. The third-order valence-corrected chi connectivity index (χ3v) is 3.84. The Morgan fingerprint density at radius 3 is 2.58 bits per heavy atom. The van der Waals surface area contributed by atoms with Gasteiger partial charge in [0.15, 0.2) is 5.82 Å². The molecule has 0 saturated carbocycles. The number of nitrogens with zero attached hydrogens (tertiary/aromatic N) is 3. The molecule has 0 saturated heterocycles. The van der Waals surface area contributed by atoms with Crippen LogP contribution in [0.15, 0.2) is 51.9 Å². The van der Waals surface area contributed by atoms with E-state index in [-0.39, 0.29) is 23.9 Å². The highest BCUT2D eigenvalue weighted by Crippen LogP contribution is 2.18. The number of benzene rings is 1. The average molecular weight is 352 g/mol. The van der Waals surface area contributed by atoms with Crippen LogP contribution < -0.4 is 10.9 Å². The van der Waals surface area contributed by atoms with E-state index in [1.54, 1.807) is 12.3 Å². The summed E-state index contributed by atoms with van der Waals surface area (Å²) in [6.45, 7) is 5.79. The van der Waals surface area contributed by atoms with Crippen molar-refractivity contribution < 1.29 is 9.32 Å². The number of pyridine rings is 1. The van der Waals surface area contributed by atoms with E-state index in [4.69, 9.17) is 4.52 Å². The van der Waals surface area contributed by atoms with Crippen molar-refractivity contribution in [1.29, 1.82) is 0 Å². The van der Waals surface area contributed by atoms with Gasteiger partial charge in [0, 0.05) is 23.9 Å². The van der Waals surface area contributed by atoms with Crippen molar-refractivity contribution in [2.45, 2.75) is 33.2 Å². The lowest BCUT2D eigenvalue weighted by Crippen LogP contribution is -2.26. The van der Waals surface area contributed by atoms with Crippen molar-refractivity contribution in [2.75, 3.05) is 5.32 Å². The van der Waals surface area contributed by atoms with Gasteiger partial charge in [0.05, 0.1) is 5.56 Å². The average Bonchev–Trinajstić information content (AvgIpc) is 3.09. The van der Waals surface area contributed by atoms with Gasteiger partial charge in [0.1, 0.15) is 6.54 Å². The standard InChI is InChI=1S/C19H20N4O3/c1-12(2)18-21-19(26-22-18)14-6-9-17(25)23(10-14)11-16(24)20-15-7-4-13(3)5-8-15/h4-10,12H,11H2,1-3H3,(H,20,24). The van der Waals surface area contributed by atoms with Crippen molar-refractivity contribution in [3.05, 3.63) is 64.3 Å². The van der Waals surface area contributed by atoms with Crippen LogP contribution in [0, 0.1) is 6.92 Å². The Morgan fingerprint density at radius 1 is 1.19 bits per heavy atom. The van der Waals surface area contributed by atoms with Gasteiger partial charge in [-0.1, -0.05) is 36.7 Å². The second-order valence-electron chi connectivity index (χ2n) is 6.41. The molecule has 0 fully saturated rings. The molecule has 3 aromatic rings. The Balaban J connectivity index is 1.77. The first-order valence-corrected chi connectivity index (χ1v) is 8.33. The van der Waals surface area contributed by atoms with Gasteiger partial charge in [0.25, 0.3) is 11.4 Å². The highest BCUT2D eigenvalue weighted by atomic mass is 16.5. The number of anilines is 1. The van der Waals surface area contributed by atoms with Gasteiger partial charge in [-0.3, -0.25) is 9.59 Å². The molecule has 2 aromatic heterocycles. The Kier molecular flexibility index (Phi) is 4.97. The van der Waals surface area contributed by atoms with E-state index in [0.717, 1.165) is 5.56 Å². The number of aromatic nitrogens is 3. The first kappa shape index (κ1) is 17.6. The third-order valence-electron chi connectivity index (χ3n) is 3.84. The monoisotopic (exact) mass is 352 g/mol. The van der Waals surface area contributed by atoms with Crippen molar-refractivity contribution in [2.24, 2.45) is 0 Å². The van der Waals surface area contributed by atoms with Crippen molar-refractivity contribution in [3.8, 4) is 11.5 Å². The maximum absolute atomic E-state index is 12.2. The molecule has 0 bridgehead atoms. The highest BCUT2D eigenvalue weighted by molar-refractivity contribution is 5.90. The molecule has 7 nitrogen and oxygen atoms in total. The molecule has 1 N–H and O–H groups in total. The first-order valence-electron chi connectivity index (χ1n) is 8.33. The number of carbonyl (C=O) groups excluding carboxylic acids is 1. The number of hydrogen-bond donors (Lipinski definition) is 1. The largest absolute Gasteiger partial charge is 0.334 e. The summed E-state index contributed by atoms with van der Waals surface area (Å²) in [7, 11) is 0. The number of aryl methyl sites for hydroxylation is 1. The molecule has 3 rings (SSSR count). The van der Waals surface area contributed by atoms with Gasteiger partial charge in [-0.2, -0.15) is 4.98 Å². The third kappa shape index (κ3) is 4.05. The summed E-state index contributed by atoms with van der Waals surface area (Å²) >= 11 is 0. The van der Waals surface area contributed by atoms with Crippen LogP contribution in [0.4, 0.5) is 5.69 Å². The summed E-state index contributed by atoms with van der Waals surface area (Å²) in [5.74, 6) is 0.761. The van der Waals surface area contributed by atoms with E-state index >= 15 is 0 Å². The SMILES string of the molecule is Cc1ccc(NC(=O)Cn2cc(-c3nc(C(C)C)no3)ccc2=O)cc1. The molecule has 0 aliphatic heterocycles. The molecule has 1 amide bonds. The zero-order valence-electron chi connectivity index (χ0n) is 14.9. The van der Waals surface area contributed by atoms with Gasteiger partial charge in [-0.25, -0.2) is 0 Å². The molecule has 0 aliphatic carbocycles. The number of nitrogens with one attached hydrogen (secondary N) is 1. The van der Waals surface area contributed by atoms with Crippen LogP contribution in [0.25, 0.3) is 11.5 Å². The topological polar surface area (TPSA) is 90.0 Å². The van der Waals surface area contributed by atoms with Crippen LogP contribution >= 0.6 is 0 Å². The molecule has 134 valence electrons. The lowest BCUT2D eigenvalue weighted by Gasteiger charge is -2.08. The fourth-order valence-electron chi connectivity index (χ4n) is 2.36. The van der Waals surface area contributed by atoms with Crippen LogP contribution in [-0.2, 0) is 11.3 Å². The molecule has 0 unspecified atom stereocenters. The normalized spacial score (nSPS) is 10.9. The maximum Gasteiger partial charge on any atom is 0.259 e. The van der Waals surface area contributed by atoms with Crippen LogP contribution in [0.5, 0.6) is 0 Å². The molecule has 26 heavy (non-hydrogen) atoms. The predicted molar refractivity (Wildman–Crippen MR) is 97.9 cm³/mol. The lowest BCUT2D eigenvalue weighted by atomic mass is 10.2. The highest BCUT2D eigenvalue weighted by Gasteiger charge is 2.13. The Bertz CT molecular complexity index is 971. The maximum atomic E-state index is 12.2. The molecule has 2 heterocycles. The second-order valence-corrected chi connectivity index (χ2v) is 6.41. The summed E-state index contributed by atoms with van der Waals surface area (Å²) in [6, 6.07) is 10.4. The number of amides is 1. The van der Waals surface area contributed by atoms with Gasteiger partial charge in [-0.15, -0.1) is 0 Å². The quantitative estimate of drug-likeness (QED) is 0.762. The van der Waals surface area contributed by atoms with Gasteiger partial charge in [0.2, 0.25) is 5.91 Å². The van der Waals surface area contributed by atoms with E-state index in [2.05, 4.69) is 15.5 Å². The minimum atomic E-state index is -0.290. The summed E-state index contributed by atoms with van der Waals surface area (Å²) in [5, 5.41) is 6.69. The van der Waals surface area contributed by atoms with Gasteiger partial charge in [-0.05, 0) is 25.1 Å². The Morgan fingerprint density at radius 2 is 1.92 bits per heavy atom. The van der Waals surface area contributed by atoms with Crippen molar-refractivity contribution in [1.82, 2.24) is 14.7 Å². The zero-order chi connectivity index (χ0) is 18.7.